The third-order valence-corrected chi connectivity index (χ3v) is 6.73. The van der Waals surface area contributed by atoms with Crippen molar-refractivity contribution in [2.24, 2.45) is 0 Å². The van der Waals surface area contributed by atoms with Crippen molar-refractivity contribution in [2.45, 2.75) is 17.7 Å². The molecule has 1 heterocycles. The van der Waals surface area contributed by atoms with E-state index < -0.39 is 27.6 Å². The number of hydrogen-bond donors (Lipinski definition) is 1. The quantitative estimate of drug-likeness (QED) is 0.672. The summed E-state index contributed by atoms with van der Waals surface area (Å²) in [6.07, 6.45) is 1.25. The van der Waals surface area contributed by atoms with Gasteiger partial charge in [0.15, 0.2) is 0 Å². The largest absolute Gasteiger partial charge is 0.322 e. The average molecular weight is 428 g/mol. The molecule has 0 aliphatic carbocycles. The molecule has 0 saturated carbocycles. The minimum atomic E-state index is -3.84. The molecule has 1 N–H and O–H groups in total. The number of benzene rings is 3. The van der Waals surface area contributed by atoms with Crippen LogP contribution in [-0.2, 0) is 16.4 Å². The van der Waals surface area contributed by atoms with Gasteiger partial charge >= 0.3 is 0 Å². The maximum atomic E-state index is 13.3. The summed E-state index contributed by atoms with van der Waals surface area (Å²) in [5, 5.41) is 2.71. The molecule has 0 radical (unpaired) electrons. The van der Waals surface area contributed by atoms with Gasteiger partial charge in [-0.1, -0.05) is 6.07 Å². The van der Waals surface area contributed by atoms with Crippen LogP contribution in [-0.4, -0.2) is 20.9 Å². The molecule has 0 unspecified atom stereocenters. The first-order chi connectivity index (χ1) is 14.3. The molecule has 0 spiro atoms. The lowest BCUT2D eigenvalue weighted by Crippen LogP contribution is -2.35. The molecule has 0 aromatic heterocycles. The van der Waals surface area contributed by atoms with Crippen LogP contribution in [0.5, 0.6) is 0 Å². The molecule has 8 heteroatoms. The number of carbonyl (C=O) groups is 1. The van der Waals surface area contributed by atoms with Crippen LogP contribution < -0.4 is 9.62 Å². The van der Waals surface area contributed by atoms with Crippen molar-refractivity contribution in [1.82, 2.24) is 0 Å². The standard InChI is InChI=1S/C22H18F2N2O3S/c23-17-6-9-20(10-7-17)30(28,29)26-12-2-4-15-14-19(8-11-21(15)26)25-22(27)16-3-1-5-18(24)13-16/h1,3,5-11,13-14H,2,4,12H2,(H,25,27). The predicted molar refractivity (Wildman–Crippen MR) is 110 cm³/mol. The Hall–Kier alpha value is -3.26. The molecule has 0 fully saturated rings. The first-order valence-electron chi connectivity index (χ1n) is 9.33. The molecule has 30 heavy (non-hydrogen) atoms. The van der Waals surface area contributed by atoms with Crippen LogP contribution in [0.1, 0.15) is 22.3 Å². The van der Waals surface area contributed by atoms with Crippen LogP contribution in [0.15, 0.2) is 71.6 Å². The Morgan fingerprint density at radius 1 is 0.933 bits per heavy atom. The molecule has 154 valence electrons. The third kappa shape index (κ3) is 3.91. The summed E-state index contributed by atoms with van der Waals surface area (Å²) >= 11 is 0. The normalized spacial score (nSPS) is 13.6. The van der Waals surface area contributed by atoms with Gasteiger partial charge in [-0.05, 0) is 79.1 Å². The number of anilines is 2. The number of hydrogen-bond acceptors (Lipinski definition) is 3. The van der Waals surface area contributed by atoms with Gasteiger partial charge in [0, 0.05) is 17.8 Å². The lowest BCUT2D eigenvalue weighted by Gasteiger charge is -2.31. The Bertz CT molecular complexity index is 1210. The zero-order chi connectivity index (χ0) is 21.3. The molecule has 5 nitrogen and oxygen atoms in total. The molecule has 4 rings (SSSR count). The van der Waals surface area contributed by atoms with E-state index in [0.717, 1.165) is 23.8 Å². The first kappa shape index (κ1) is 20.0. The minimum absolute atomic E-state index is 0.0141. The second kappa shape index (κ2) is 7.87. The van der Waals surface area contributed by atoms with Crippen LogP contribution in [0.2, 0.25) is 0 Å². The van der Waals surface area contributed by atoms with E-state index in [2.05, 4.69) is 5.32 Å². The number of amides is 1. The SMILES string of the molecule is O=C(Nc1ccc2c(c1)CCCN2S(=O)(=O)c1ccc(F)cc1)c1cccc(F)c1. The lowest BCUT2D eigenvalue weighted by atomic mass is 10.0. The summed E-state index contributed by atoms with van der Waals surface area (Å²) in [4.78, 5) is 12.4. The van der Waals surface area contributed by atoms with Gasteiger partial charge in [-0.3, -0.25) is 9.10 Å². The smallest absolute Gasteiger partial charge is 0.264 e. The van der Waals surface area contributed by atoms with Gasteiger partial charge in [0.25, 0.3) is 15.9 Å². The van der Waals surface area contributed by atoms with Gasteiger partial charge in [0.1, 0.15) is 11.6 Å². The molecule has 3 aromatic rings. The highest BCUT2D eigenvalue weighted by atomic mass is 32.2. The molecule has 1 amide bonds. The molecule has 0 saturated heterocycles. The Morgan fingerprint density at radius 3 is 2.43 bits per heavy atom. The zero-order valence-corrected chi connectivity index (χ0v) is 16.6. The van der Waals surface area contributed by atoms with Crippen molar-refractivity contribution in [3.05, 3.63) is 89.5 Å². The van der Waals surface area contributed by atoms with E-state index in [1.54, 1.807) is 18.2 Å². The summed E-state index contributed by atoms with van der Waals surface area (Å²) in [7, 11) is -3.84. The van der Waals surface area contributed by atoms with Crippen LogP contribution in [0.4, 0.5) is 20.2 Å². The fraction of sp³-hybridized carbons (Fsp3) is 0.136. The van der Waals surface area contributed by atoms with Crippen LogP contribution >= 0.6 is 0 Å². The summed E-state index contributed by atoms with van der Waals surface area (Å²) < 4.78 is 53.9. The number of rotatable bonds is 4. The highest BCUT2D eigenvalue weighted by Gasteiger charge is 2.29. The number of carbonyl (C=O) groups excluding carboxylic acids is 1. The molecule has 3 aromatic carbocycles. The van der Waals surface area contributed by atoms with Crippen molar-refractivity contribution in [3.63, 3.8) is 0 Å². The Labute approximate surface area is 173 Å². The second-order valence-corrected chi connectivity index (χ2v) is 8.80. The molecule has 1 aliphatic heterocycles. The van der Waals surface area contributed by atoms with Crippen LogP contribution in [0.3, 0.4) is 0 Å². The van der Waals surface area contributed by atoms with Crippen LogP contribution in [0.25, 0.3) is 0 Å². The molecular weight excluding hydrogens is 410 g/mol. The number of sulfonamides is 1. The van der Waals surface area contributed by atoms with Crippen molar-refractivity contribution < 1.29 is 22.0 Å². The molecule has 1 aliphatic rings. The Kier molecular flexibility index (Phi) is 5.26. The minimum Gasteiger partial charge on any atom is -0.322 e. The third-order valence-electron chi connectivity index (χ3n) is 4.90. The Balaban J connectivity index is 1.61. The number of nitrogens with zero attached hydrogens (tertiary/aromatic N) is 1. The first-order valence-corrected chi connectivity index (χ1v) is 10.8. The van der Waals surface area contributed by atoms with Crippen molar-refractivity contribution in [3.8, 4) is 0 Å². The summed E-state index contributed by atoms with van der Waals surface area (Å²) in [5.74, 6) is -1.47. The van der Waals surface area contributed by atoms with Gasteiger partial charge in [-0.2, -0.15) is 0 Å². The van der Waals surface area contributed by atoms with Gasteiger partial charge in [0.2, 0.25) is 0 Å². The second-order valence-electron chi connectivity index (χ2n) is 6.94. The maximum Gasteiger partial charge on any atom is 0.264 e. The van der Waals surface area contributed by atoms with Crippen molar-refractivity contribution >= 4 is 27.3 Å². The number of aryl methyl sites for hydroxylation is 1. The molecular formula is C22H18F2N2O3S. The predicted octanol–water partition coefficient (Wildman–Crippen LogP) is 4.36. The average Bonchev–Trinajstić information content (AvgIpc) is 2.73. The highest BCUT2D eigenvalue weighted by molar-refractivity contribution is 7.92. The fourth-order valence-corrected chi connectivity index (χ4v) is 5.00. The molecule has 0 bridgehead atoms. The lowest BCUT2D eigenvalue weighted by molar-refractivity contribution is 0.102. The molecule has 0 atom stereocenters. The number of halogens is 2. The van der Waals surface area contributed by atoms with E-state index in [-0.39, 0.29) is 10.5 Å². The number of nitrogens with one attached hydrogen (secondary N) is 1. The van der Waals surface area contributed by atoms with E-state index in [9.17, 15) is 22.0 Å². The van der Waals surface area contributed by atoms with E-state index in [0.29, 0.717) is 30.8 Å². The fourth-order valence-electron chi connectivity index (χ4n) is 3.46. The summed E-state index contributed by atoms with van der Waals surface area (Å²) in [5.41, 5.74) is 1.97. The maximum absolute atomic E-state index is 13.3. The van der Waals surface area contributed by atoms with E-state index in [1.807, 2.05) is 0 Å². The van der Waals surface area contributed by atoms with Gasteiger partial charge in [0.05, 0.1) is 10.6 Å². The topological polar surface area (TPSA) is 66.5 Å². The Morgan fingerprint density at radius 2 is 1.70 bits per heavy atom. The monoisotopic (exact) mass is 428 g/mol. The van der Waals surface area contributed by atoms with Gasteiger partial charge in [-0.15, -0.1) is 0 Å². The van der Waals surface area contributed by atoms with Crippen LogP contribution in [0, 0.1) is 11.6 Å². The number of fused-ring (bicyclic) bond motifs is 1. The van der Waals surface area contributed by atoms with Gasteiger partial charge in [-0.25, -0.2) is 17.2 Å². The van der Waals surface area contributed by atoms with Crippen molar-refractivity contribution in [1.29, 1.82) is 0 Å². The summed E-state index contributed by atoms with van der Waals surface area (Å²) in [6.45, 7) is 0.307. The van der Waals surface area contributed by atoms with E-state index >= 15 is 0 Å². The highest BCUT2D eigenvalue weighted by Crippen LogP contribution is 2.34. The van der Waals surface area contributed by atoms with Crippen molar-refractivity contribution in [2.75, 3.05) is 16.2 Å². The van der Waals surface area contributed by atoms with E-state index in [4.69, 9.17) is 0 Å². The van der Waals surface area contributed by atoms with E-state index in [1.165, 1.54) is 34.6 Å². The van der Waals surface area contributed by atoms with Gasteiger partial charge < -0.3 is 5.32 Å². The zero-order valence-electron chi connectivity index (χ0n) is 15.8. The summed E-state index contributed by atoms with van der Waals surface area (Å²) in [6, 6.07) is 15.0.